The zero-order chi connectivity index (χ0) is 5.98. The number of nitrogens with two attached hydrogens (primary N) is 1. The van der Waals surface area contributed by atoms with Crippen molar-refractivity contribution < 1.29 is 39.0 Å². The zero-order valence-corrected chi connectivity index (χ0v) is 8.55. The minimum atomic E-state index is 0. The second-order valence-electron chi connectivity index (χ2n) is 1.12. The summed E-state index contributed by atoms with van der Waals surface area (Å²) in [5.74, 6) is 0.213. The van der Waals surface area contributed by atoms with E-state index in [1.54, 1.807) is 0 Å². The first-order valence-corrected chi connectivity index (χ1v) is 2.25. The van der Waals surface area contributed by atoms with Crippen molar-refractivity contribution in [3.05, 3.63) is 17.5 Å². The Morgan fingerprint density at radius 2 is 1.90 bits per heavy atom. The molecule has 0 bridgehead atoms. The molecule has 10 heavy (non-hydrogen) atoms. The van der Waals surface area contributed by atoms with Crippen LogP contribution in [0.3, 0.4) is 0 Å². The van der Waals surface area contributed by atoms with Gasteiger partial charge in [0.1, 0.15) is 0 Å². The molecule has 0 unspecified atom stereocenters. The molecule has 3 nitrogen and oxygen atoms in total. The van der Waals surface area contributed by atoms with Gasteiger partial charge in [0.2, 0.25) is 0 Å². The number of hydrogen-bond donors (Lipinski definition) is 1. The van der Waals surface area contributed by atoms with E-state index in [-0.39, 0.29) is 49.9 Å². The van der Waals surface area contributed by atoms with Crippen LogP contribution in [-0.2, 0) is 39.0 Å². The molecular weight excluding hydrogens is 331 g/mol. The standard InChI is InChI=1S/C4H2ClN3.2Rh/c5-3-1-4(6)8-2-7-3;;/h(H2,6,7,8);;/q-2;;. The van der Waals surface area contributed by atoms with Crippen molar-refractivity contribution in [3.8, 4) is 0 Å². The third-order valence-electron chi connectivity index (χ3n) is 0.550. The van der Waals surface area contributed by atoms with Gasteiger partial charge in [-0.25, -0.2) is 0 Å². The Morgan fingerprint density at radius 1 is 1.30 bits per heavy atom. The second kappa shape index (κ2) is 6.15. The molecule has 2 radical (unpaired) electrons. The van der Waals surface area contributed by atoms with Crippen LogP contribution in [0.15, 0.2) is 0 Å². The summed E-state index contributed by atoms with van der Waals surface area (Å²) >= 11 is 5.33. The van der Waals surface area contributed by atoms with E-state index in [1.165, 1.54) is 0 Å². The van der Waals surface area contributed by atoms with Gasteiger partial charge in [-0.2, -0.15) is 22.6 Å². The number of aromatic nitrogens is 2. The summed E-state index contributed by atoms with van der Waals surface area (Å²) in [7, 11) is 0. The Hall–Kier alpha value is 0.417. The summed E-state index contributed by atoms with van der Waals surface area (Å²) in [6.45, 7) is 0. The van der Waals surface area contributed by atoms with E-state index >= 15 is 0 Å². The van der Waals surface area contributed by atoms with E-state index < -0.39 is 0 Å². The molecule has 6 heteroatoms. The fourth-order valence-corrected chi connectivity index (χ4v) is 0.419. The number of halogens is 1. The normalized spacial score (nSPS) is 7.30. The first kappa shape index (κ1) is 13.0. The number of nitrogen functional groups attached to an aromatic ring is 1. The SMILES string of the molecule is Nc1[c-]c(Cl)n[c-]n1.[Rh].[Rh]. The molecule has 2 N–H and O–H groups in total. The molecule has 1 aromatic rings. The van der Waals surface area contributed by atoms with Crippen molar-refractivity contribution in [3.63, 3.8) is 0 Å². The molecule has 60 valence electrons. The van der Waals surface area contributed by atoms with Gasteiger partial charge in [-0.15, -0.1) is 0 Å². The van der Waals surface area contributed by atoms with E-state index in [4.69, 9.17) is 17.3 Å². The van der Waals surface area contributed by atoms with Crippen LogP contribution < -0.4 is 5.73 Å². The van der Waals surface area contributed by atoms with Crippen molar-refractivity contribution >= 4 is 17.4 Å². The molecule has 1 heterocycles. The van der Waals surface area contributed by atoms with E-state index in [0.29, 0.717) is 0 Å². The van der Waals surface area contributed by atoms with E-state index in [2.05, 4.69) is 22.4 Å². The average molecular weight is 333 g/mol. The van der Waals surface area contributed by atoms with Gasteiger partial charge in [0.15, 0.2) is 0 Å². The molecule has 0 aliphatic carbocycles. The molecule has 0 amide bonds. The molecule has 0 aromatic carbocycles. The van der Waals surface area contributed by atoms with Gasteiger partial charge in [-0.1, -0.05) is 0 Å². The molecule has 0 saturated carbocycles. The summed E-state index contributed by atoms with van der Waals surface area (Å²) < 4.78 is 0. The van der Waals surface area contributed by atoms with E-state index in [9.17, 15) is 0 Å². The van der Waals surface area contributed by atoms with Gasteiger partial charge in [0, 0.05) is 45.3 Å². The van der Waals surface area contributed by atoms with Crippen LogP contribution in [0.25, 0.3) is 0 Å². The summed E-state index contributed by atoms with van der Waals surface area (Å²) in [4.78, 5) is 6.88. The van der Waals surface area contributed by atoms with Gasteiger partial charge in [-0.05, 0) is 0 Å². The number of nitrogens with zero attached hydrogens (tertiary/aromatic N) is 2. The average Bonchev–Trinajstić information content (AvgIpc) is 1.64. The molecule has 0 atom stereocenters. The molecule has 1 aromatic heterocycles. The number of anilines is 1. The Balaban J connectivity index is 0. The predicted octanol–water partition coefficient (Wildman–Crippen LogP) is 0.308. The Morgan fingerprint density at radius 3 is 2.20 bits per heavy atom. The van der Waals surface area contributed by atoms with E-state index in [1.807, 2.05) is 0 Å². The first-order chi connectivity index (χ1) is 3.79. The van der Waals surface area contributed by atoms with Crippen molar-refractivity contribution in [2.45, 2.75) is 0 Å². The summed E-state index contributed by atoms with van der Waals surface area (Å²) in [6, 6.07) is 2.46. The van der Waals surface area contributed by atoms with Crippen LogP contribution in [0.4, 0.5) is 5.82 Å². The topological polar surface area (TPSA) is 51.8 Å². The molecule has 0 spiro atoms. The zero-order valence-electron chi connectivity index (χ0n) is 4.52. The minimum absolute atomic E-state index is 0. The maximum atomic E-state index is 5.33. The molecule has 0 saturated heterocycles. The molecular formula is C4H2ClN3Rh2-2. The van der Waals surface area contributed by atoms with Crippen LogP contribution in [0.5, 0.6) is 0 Å². The van der Waals surface area contributed by atoms with Crippen molar-refractivity contribution in [2.24, 2.45) is 0 Å². The molecule has 0 aliphatic heterocycles. The summed E-state index contributed by atoms with van der Waals surface area (Å²) in [6.07, 6.45) is 2.24. The molecule has 0 aliphatic rings. The fourth-order valence-electron chi connectivity index (χ4n) is 0.284. The minimum Gasteiger partial charge on any atom is -0.534 e. The Bertz CT molecular complexity index is 178. The monoisotopic (exact) mass is 333 g/mol. The van der Waals surface area contributed by atoms with Crippen LogP contribution in [0.1, 0.15) is 0 Å². The second-order valence-corrected chi connectivity index (χ2v) is 1.48. The third-order valence-corrected chi connectivity index (χ3v) is 0.729. The van der Waals surface area contributed by atoms with Crippen LogP contribution in [0, 0.1) is 12.4 Å². The molecule has 1 rings (SSSR count). The number of rotatable bonds is 0. The van der Waals surface area contributed by atoms with Gasteiger partial charge in [-0.3, -0.25) is 0 Å². The smallest absolute Gasteiger partial charge is 0.0190 e. The predicted molar refractivity (Wildman–Crippen MR) is 29.1 cm³/mol. The van der Waals surface area contributed by atoms with Crippen LogP contribution >= 0.6 is 11.6 Å². The quantitative estimate of drug-likeness (QED) is 0.422. The third kappa shape index (κ3) is 4.27. The van der Waals surface area contributed by atoms with Gasteiger partial charge in [0.05, 0.1) is 0 Å². The van der Waals surface area contributed by atoms with Gasteiger partial charge in [0.25, 0.3) is 0 Å². The Labute approximate surface area is 89.3 Å². The largest absolute Gasteiger partial charge is 0.534 e. The van der Waals surface area contributed by atoms with Crippen LogP contribution in [0.2, 0.25) is 5.15 Å². The summed E-state index contributed by atoms with van der Waals surface area (Å²) in [5, 5.41) is 0.192. The Kier molecular flexibility index (Phi) is 8.02. The molecule has 0 fully saturated rings. The van der Waals surface area contributed by atoms with Crippen molar-refractivity contribution in [1.29, 1.82) is 0 Å². The maximum absolute atomic E-state index is 5.33. The van der Waals surface area contributed by atoms with Gasteiger partial charge >= 0.3 is 0 Å². The van der Waals surface area contributed by atoms with Gasteiger partial charge < -0.3 is 21.8 Å². The summed E-state index contributed by atoms with van der Waals surface area (Å²) in [5.41, 5.74) is 5.14. The van der Waals surface area contributed by atoms with Crippen molar-refractivity contribution in [1.82, 2.24) is 9.97 Å². The maximum Gasteiger partial charge on any atom is 0.0190 e. The fraction of sp³-hybridized carbons (Fsp3) is 0. The first-order valence-electron chi connectivity index (χ1n) is 1.87. The van der Waals surface area contributed by atoms with Crippen LogP contribution in [-0.4, -0.2) is 9.97 Å². The van der Waals surface area contributed by atoms with E-state index in [0.717, 1.165) is 0 Å². The number of hydrogen-bond acceptors (Lipinski definition) is 3. The van der Waals surface area contributed by atoms with Crippen molar-refractivity contribution in [2.75, 3.05) is 5.73 Å².